The fraction of sp³-hybridized carbons (Fsp3) is 0.923. The summed E-state index contributed by atoms with van der Waals surface area (Å²) < 4.78 is 0. The Balaban J connectivity index is 2.30. The fourth-order valence-electron chi connectivity index (χ4n) is 2.58. The van der Waals surface area contributed by atoms with Gasteiger partial charge in [0.25, 0.3) is 0 Å². The Bertz CT molecular complexity index is 233. The van der Waals surface area contributed by atoms with Gasteiger partial charge in [-0.15, -0.1) is 0 Å². The van der Waals surface area contributed by atoms with Crippen LogP contribution < -0.4 is 11.1 Å². The largest absolute Gasteiger partial charge is 0.396 e. The van der Waals surface area contributed by atoms with Crippen molar-refractivity contribution in [2.75, 3.05) is 19.7 Å². The molecule has 0 aromatic rings. The monoisotopic (exact) mass is 242 g/mol. The van der Waals surface area contributed by atoms with Crippen LogP contribution in [-0.2, 0) is 4.79 Å². The molecule has 0 aliphatic heterocycles. The SMILES string of the molecule is CC(CCN)C(=O)NCC1CCCCC1CO. The maximum atomic E-state index is 11.7. The van der Waals surface area contributed by atoms with E-state index in [1.165, 1.54) is 12.8 Å². The molecule has 0 radical (unpaired) electrons. The van der Waals surface area contributed by atoms with Gasteiger partial charge in [-0.1, -0.05) is 19.8 Å². The van der Waals surface area contributed by atoms with E-state index in [0.29, 0.717) is 24.9 Å². The molecule has 0 bridgehead atoms. The summed E-state index contributed by atoms with van der Waals surface area (Å²) in [5.41, 5.74) is 5.44. The topological polar surface area (TPSA) is 75.4 Å². The van der Waals surface area contributed by atoms with Crippen LogP contribution in [0.25, 0.3) is 0 Å². The van der Waals surface area contributed by atoms with Crippen molar-refractivity contribution in [1.29, 1.82) is 0 Å². The zero-order valence-electron chi connectivity index (χ0n) is 10.8. The minimum absolute atomic E-state index is 0.00355. The van der Waals surface area contributed by atoms with Gasteiger partial charge >= 0.3 is 0 Å². The van der Waals surface area contributed by atoms with Gasteiger partial charge in [0.2, 0.25) is 5.91 Å². The summed E-state index contributed by atoms with van der Waals surface area (Å²) >= 11 is 0. The molecular weight excluding hydrogens is 216 g/mol. The van der Waals surface area contributed by atoms with E-state index in [1.54, 1.807) is 0 Å². The first-order valence-electron chi connectivity index (χ1n) is 6.77. The lowest BCUT2D eigenvalue weighted by molar-refractivity contribution is -0.125. The van der Waals surface area contributed by atoms with Crippen LogP contribution in [0.15, 0.2) is 0 Å². The number of nitrogens with two attached hydrogens (primary N) is 1. The predicted molar refractivity (Wildman–Crippen MR) is 68.4 cm³/mol. The summed E-state index contributed by atoms with van der Waals surface area (Å²) in [6, 6.07) is 0. The molecule has 0 aromatic heterocycles. The van der Waals surface area contributed by atoms with Gasteiger partial charge in [0.1, 0.15) is 0 Å². The molecular formula is C13H26N2O2. The first-order chi connectivity index (χ1) is 8.19. The van der Waals surface area contributed by atoms with Crippen LogP contribution in [0.3, 0.4) is 0 Å². The van der Waals surface area contributed by atoms with Crippen LogP contribution in [0.4, 0.5) is 0 Å². The van der Waals surface area contributed by atoms with Crippen molar-refractivity contribution in [3.63, 3.8) is 0 Å². The van der Waals surface area contributed by atoms with Gasteiger partial charge < -0.3 is 16.2 Å². The molecule has 1 saturated carbocycles. The van der Waals surface area contributed by atoms with Crippen LogP contribution in [0.5, 0.6) is 0 Å². The molecule has 0 heterocycles. The Morgan fingerprint density at radius 2 is 2.06 bits per heavy atom. The number of hydrogen-bond acceptors (Lipinski definition) is 3. The minimum atomic E-state index is -0.00355. The average molecular weight is 242 g/mol. The predicted octanol–water partition coefficient (Wildman–Crippen LogP) is 0.886. The van der Waals surface area contributed by atoms with Crippen molar-refractivity contribution in [1.82, 2.24) is 5.32 Å². The fourth-order valence-corrected chi connectivity index (χ4v) is 2.58. The Labute approximate surface area is 104 Å². The van der Waals surface area contributed by atoms with Crippen molar-refractivity contribution in [2.24, 2.45) is 23.5 Å². The van der Waals surface area contributed by atoms with Crippen molar-refractivity contribution in [3.8, 4) is 0 Å². The summed E-state index contributed by atoms with van der Waals surface area (Å²) in [5, 5.41) is 12.3. The average Bonchev–Trinajstić information content (AvgIpc) is 2.36. The highest BCUT2D eigenvalue weighted by atomic mass is 16.3. The van der Waals surface area contributed by atoms with Gasteiger partial charge in [-0.05, 0) is 37.6 Å². The maximum Gasteiger partial charge on any atom is 0.222 e. The second-order valence-corrected chi connectivity index (χ2v) is 5.21. The van der Waals surface area contributed by atoms with E-state index < -0.39 is 0 Å². The van der Waals surface area contributed by atoms with Crippen LogP contribution >= 0.6 is 0 Å². The summed E-state index contributed by atoms with van der Waals surface area (Å²) in [4.78, 5) is 11.7. The van der Waals surface area contributed by atoms with Gasteiger partial charge in [-0.3, -0.25) is 4.79 Å². The Morgan fingerprint density at radius 1 is 1.41 bits per heavy atom. The number of aliphatic hydroxyl groups excluding tert-OH is 1. The van der Waals surface area contributed by atoms with Crippen LogP contribution in [0.2, 0.25) is 0 Å². The number of amides is 1. The number of hydrogen-bond donors (Lipinski definition) is 3. The molecule has 4 heteroatoms. The van der Waals surface area contributed by atoms with Crippen molar-refractivity contribution >= 4 is 5.91 Å². The Hall–Kier alpha value is -0.610. The molecule has 4 N–H and O–H groups in total. The van der Waals surface area contributed by atoms with Crippen LogP contribution in [-0.4, -0.2) is 30.7 Å². The third-order valence-electron chi connectivity index (χ3n) is 3.89. The molecule has 1 amide bonds. The van der Waals surface area contributed by atoms with Crippen molar-refractivity contribution < 1.29 is 9.90 Å². The van der Waals surface area contributed by atoms with E-state index in [0.717, 1.165) is 19.3 Å². The van der Waals surface area contributed by atoms with Gasteiger partial charge in [-0.25, -0.2) is 0 Å². The molecule has 3 atom stereocenters. The summed E-state index contributed by atoms with van der Waals surface area (Å²) in [5.74, 6) is 0.908. The second-order valence-electron chi connectivity index (χ2n) is 5.21. The first kappa shape index (κ1) is 14.5. The summed E-state index contributed by atoms with van der Waals surface area (Å²) in [6.45, 7) is 3.42. The zero-order valence-corrected chi connectivity index (χ0v) is 10.8. The smallest absolute Gasteiger partial charge is 0.222 e. The molecule has 1 rings (SSSR count). The standard InChI is InChI=1S/C13H26N2O2/c1-10(6-7-14)13(17)15-8-11-4-2-3-5-12(11)9-16/h10-12,16H,2-9,14H2,1H3,(H,15,17). The molecule has 1 fully saturated rings. The lowest BCUT2D eigenvalue weighted by atomic mass is 9.79. The molecule has 1 aliphatic rings. The zero-order chi connectivity index (χ0) is 12.7. The molecule has 3 unspecified atom stereocenters. The maximum absolute atomic E-state index is 11.7. The Kier molecular flexibility index (Phi) is 6.52. The van der Waals surface area contributed by atoms with Crippen molar-refractivity contribution in [3.05, 3.63) is 0 Å². The van der Waals surface area contributed by atoms with E-state index >= 15 is 0 Å². The molecule has 0 spiro atoms. The first-order valence-corrected chi connectivity index (χ1v) is 6.77. The lowest BCUT2D eigenvalue weighted by Gasteiger charge is -2.30. The van der Waals surface area contributed by atoms with Crippen LogP contribution in [0.1, 0.15) is 39.0 Å². The highest BCUT2D eigenvalue weighted by Gasteiger charge is 2.25. The van der Waals surface area contributed by atoms with E-state index in [-0.39, 0.29) is 18.4 Å². The van der Waals surface area contributed by atoms with E-state index in [2.05, 4.69) is 5.32 Å². The van der Waals surface area contributed by atoms with E-state index in [4.69, 9.17) is 5.73 Å². The van der Waals surface area contributed by atoms with Gasteiger partial charge in [0, 0.05) is 19.1 Å². The lowest BCUT2D eigenvalue weighted by Crippen LogP contribution is -2.38. The molecule has 4 nitrogen and oxygen atoms in total. The third-order valence-corrected chi connectivity index (χ3v) is 3.89. The number of carbonyl (C=O) groups excluding carboxylic acids is 1. The Morgan fingerprint density at radius 3 is 2.65 bits per heavy atom. The summed E-state index contributed by atoms with van der Waals surface area (Å²) in [6.07, 6.45) is 5.38. The molecule has 0 aromatic carbocycles. The van der Waals surface area contributed by atoms with Crippen molar-refractivity contribution in [2.45, 2.75) is 39.0 Å². The normalized spacial score (nSPS) is 26.5. The highest BCUT2D eigenvalue weighted by Crippen LogP contribution is 2.29. The third kappa shape index (κ3) is 4.64. The molecule has 100 valence electrons. The second kappa shape index (κ2) is 7.67. The van der Waals surface area contributed by atoms with Gasteiger partial charge in [-0.2, -0.15) is 0 Å². The quantitative estimate of drug-likeness (QED) is 0.647. The van der Waals surface area contributed by atoms with Crippen LogP contribution in [0, 0.1) is 17.8 Å². The number of rotatable bonds is 6. The minimum Gasteiger partial charge on any atom is -0.396 e. The highest BCUT2D eigenvalue weighted by molar-refractivity contribution is 5.78. The van der Waals surface area contributed by atoms with E-state index in [1.807, 2.05) is 6.92 Å². The number of aliphatic hydroxyl groups is 1. The molecule has 17 heavy (non-hydrogen) atoms. The van der Waals surface area contributed by atoms with Gasteiger partial charge in [0.05, 0.1) is 0 Å². The molecule has 1 aliphatic carbocycles. The molecule has 0 saturated heterocycles. The van der Waals surface area contributed by atoms with E-state index in [9.17, 15) is 9.90 Å². The number of nitrogens with one attached hydrogen (secondary N) is 1. The summed E-state index contributed by atoms with van der Waals surface area (Å²) in [7, 11) is 0. The number of carbonyl (C=O) groups is 1. The van der Waals surface area contributed by atoms with Gasteiger partial charge in [0.15, 0.2) is 0 Å².